The smallest absolute Gasteiger partial charge is 0.410 e. The third-order valence-corrected chi connectivity index (χ3v) is 3.02. The van der Waals surface area contributed by atoms with E-state index in [2.05, 4.69) is 9.73 Å². The molecular weight excluding hydrogens is 264 g/mol. The van der Waals surface area contributed by atoms with Gasteiger partial charge in [-0.25, -0.2) is 9.59 Å². The first-order valence-electron chi connectivity index (χ1n) is 6.57. The molecule has 1 saturated heterocycles. The van der Waals surface area contributed by atoms with Gasteiger partial charge in [0.2, 0.25) is 6.10 Å². The van der Waals surface area contributed by atoms with Gasteiger partial charge in [-0.2, -0.15) is 0 Å². The van der Waals surface area contributed by atoms with Crippen molar-refractivity contribution in [1.82, 2.24) is 4.90 Å². The van der Waals surface area contributed by atoms with Crippen molar-refractivity contribution >= 4 is 18.0 Å². The molecule has 0 spiro atoms. The van der Waals surface area contributed by atoms with Crippen molar-refractivity contribution in [3.05, 3.63) is 0 Å². The number of esters is 1. The number of likely N-dealkylation sites (tertiary alicyclic amines) is 1. The zero-order valence-electron chi connectivity index (χ0n) is 12.2. The lowest BCUT2D eigenvalue weighted by Gasteiger charge is -2.39. The standard InChI is InChI=1S/C13H20N2O5/c1-13(2,3)20-12(17)15-6-8(7-15)10-14-5-9(19-10)11(16)18-4/h8-9H,5-7H2,1-4H3. The van der Waals surface area contributed by atoms with Crippen LogP contribution in [0.2, 0.25) is 0 Å². The molecule has 0 radical (unpaired) electrons. The van der Waals surface area contributed by atoms with Crippen LogP contribution in [0.4, 0.5) is 4.79 Å². The quantitative estimate of drug-likeness (QED) is 0.702. The lowest BCUT2D eigenvalue weighted by Crippen LogP contribution is -2.54. The Morgan fingerprint density at radius 2 is 2.00 bits per heavy atom. The number of amides is 1. The summed E-state index contributed by atoms with van der Waals surface area (Å²) >= 11 is 0. The minimum Gasteiger partial charge on any atom is -0.466 e. The van der Waals surface area contributed by atoms with Crippen LogP contribution in [0, 0.1) is 5.92 Å². The summed E-state index contributed by atoms with van der Waals surface area (Å²) in [6.07, 6.45) is -0.984. The van der Waals surface area contributed by atoms with Crippen molar-refractivity contribution in [3.8, 4) is 0 Å². The van der Waals surface area contributed by atoms with Crippen LogP contribution < -0.4 is 0 Å². The molecule has 2 heterocycles. The molecule has 1 amide bonds. The van der Waals surface area contributed by atoms with Crippen molar-refractivity contribution in [2.75, 3.05) is 26.7 Å². The molecule has 0 saturated carbocycles. The number of aliphatic imine (C=N–C) groups is 1. The van der Waals surface area contributed by atoms with Gasteiger partial charge in [0.05, 0.1) is 19.6 Å². The van der Waals surface area contributed by atoms with E-state index in [0.717, 1.165) is 0 Å². The summed E-state index contributed by atoms with van der Waals surface area (Å²) in [7, 11) is 1.32. The molecule has 0 aromatic carbocycles. The Balaban J connectivity index is 1.77. The first kappa shape index (κ1) is 14.6. The Morgan fingerprint density at radius 3 is 2.55 bits per heavy atom. The van der Waals surface area contributed by atoms with Gasteiger partial charge < -0.3 is 19.1 Å². The van der Waals surface area contributed by atoms with Crippen LogP contribution >= 0.6 is 0 Å². The van der Waals surface area contributed by atoms with Gasteiger partial charge in [-0.15, -0.1) is 0 Å². The summed E-state index contributed by atoms with van der Waals surface area (Å²) in [5, 5.41) is 0. The van der Waals surface area contributed by atoms with E-state index in [9.17, 15) is 9.59 Å². The number of hydrogen-bond acceptors (Lipinski definition) is 6. The lowest BCUT2D eigenvalue weighted by atomic mass is 10.0. The first-order valence-corrected chi connectivity index (χ1v) is 6.57. The van der Waals surface area contributed by atoms with Crippen molar-refractivity contribution in [2.45, 2.75) is 32.5 Å². The molecule has 0 aliphatic carbocycles. The first-order chi connectivity index (χ1) is 9.30. The molecule has 20 heavy (non-hydrogen) atoms. The Bertz CT molecular complexity index is 435. The van der Waals surface area contributed by atoms with Gasteiger partial charge in [0.15, 0.2) is 5.90 Å². The second kappa shape index (κ2) is 5.30. The van der Waals surface area contributed by atoms with Gasteiger partial charge in [-0.3, -0.25) is 4.99 Å². The molecule has 1 fully saturated rings. The molecule has 1 atom stereocenters. The molecule has 1 unspecified atom stereocenters. The van der Waals surface area contributed by atoms with Gasteiger partial charge in [-0.05, 0) is 20.8 Å². The molecule has 0 N–H and O–H groups in total. The summed E-state index contributed by atoms with van der Waals surface area (Å²) in [5.41, 5.74) is -0.500. The van der Waals surface area contributed by atoms with Crippen LogP contribution in [0.1, 0.15) is 20.8 Å². The van der Waals surface area contributed by atoms with Crippen molar-refractivity contribution in [1.29, 1.82) is 0 Å². The summed E-state index contributed by atoms with van der Waals surface area (Å²) in [6, 6.07) is 0. The van der Waals surface area contributed by atoms with E-state index < -0.39 is 17.7 Å². The van der Waals surface area contributed by atoms with E-state index in [-0.39, 0.29) is 18.6 Å². The van der Waals surface area contributed by atoms with Crippen LogP contribution in [0.3, 0.4) is 0 Å². The average molecular weight is 284 g/mol. The van der Waals surface area contributed by atoms with Crippen LogP contribution in [0.25, 0.3) is 0 Å². The van der Waals surface area contributed by atoms with E-state index >= 15 is 0 Å². The van der Waals surface area contributed by atoms with E-state index in [4.69, 9.17) is 9.47 Å². The predicted octanol–water partition coefficient (Wildman–Crippen LogP) is 0.824. The summed E-state index contributed by atoms with van der Waals surface area (Å²) in [6.45, 7) is 6.77. The number of ether oxygens (including phenoxy) is 3. The number of carbonyl (C=O) groups excluding carboxylic acids is 2. The maximum absolute atomic E-state index is 11.8. The molecule has 2 aliphatic rings. The third-order valence-electron chi connectivity index (χ3n) is 3.02. The topological polar surface area (TPSA) is 77.4 Å². The monoisotopic (exact) mass is 284 g/mol. The second-order valence-corrected chi connectivity index (χ2v) is 5.89. The zero-order chi connectivity index (χ0) is 14.9. The Morgan fingerprint density at radius 1 is 1.35 bits per heavy atom. The molecule has 7 heteroatoms. The largest absolute Gasteiger partial charge is 0.466 e. The molecule has 0 aromatic heterocycles. The van der Waals surface area contributed by atoms with Crippen molar-refractivity contribution < 1.29 is 23.8 Å². The highest BCUT2D eigenvalue weighted by Crippen LogP contribution is 2.24. The minimum atomic E-state index is -0.648. The minimum absolute atomic E-state index is 0.0391. The summed E-state index contributed by atoms with van der Waals surface area (Å²) in [4.78, 5) is 28.9. The average Bonchev–Trinajstić information content (AvgIpc) is 2.72. The SMILES string of the molecule is COC(=O)C1CN=C(C2CN(C(=O)OC(C)(C)C)C2)O1. The van der Waals surface area contributed by atoms with Gasteiger partial charge >= 0.3 is 12.1 Å². The van der Waals surface area contributed by atoms with Gasteiger partial charge in [0.25, 0.3) is 0 Å². The highest BCUT2D eigenvalue weighted by atomic mass is 16.6. The van der Waals surface area contributed by atoms with E-state index in [1.807, 2.05) is 20.8 Å². The Kier molecular flexibility index (Phi) is 3.87. The number of rotatable bonds is 2. The Labute approximate surface area is 117 Å². The van der Waals surface area contributed by atoms with Gasteiger partial charge in [0.1, 0.15) is 5.60 Å². The van der Waals surface area contributed by atoms with E-state index in [1.54, 1.807) is 4.90 Å². The fourth-order valence-corrected chi connectivity index (χ4v) is 1.98. The zero-order valence-corrected chi connectivity index (χ0v) is 12.2. The van der Waals surface area contributed by atoms with Crippen LogP contribution in [0.15, 0.2) is 4.99 Å². The molecule has 7 nitrogen and oxygen atoms in total. The third kappa shape index (κ3) is 3.20. The normalized spacial score (nSPS) is 22.7. The number of methoxy groups -OCH3 is 1. The number of nitrogens with zero attached hydrogens (tertiary/aromatic N) is 2. The van der Waals surface area contributed by atoms with E-state index in [1.165, 1.54) is 7.11 Å². The maximum atomic E-state index is 11.8. The number of carbonyl (C=O) groups is 2. The van der Waals surface area contributed by atoms with Gasteiger partial charge in [0, 0.05) is 13.1 Å². The molecule has 112 valence electrons. The Hall–Kier alpha value is -1.79. The number of hydrogen-bond donors (Lipinski definition) is 0. The van der Waals surface area contributed by atoms with Gasteiger partial charge in [-0.1, -0.05) is 0 Å². The molecule has 0 aromatic rings. The van der Waals surface area contributed by atoms with Crippen LogP contribution in [0.5, 0.6) is 0 Å². The lowest BCUT2D eigenvalue weighted by molar-refractivity contribution is -0.148. The van der Waals surface area contributed by atoms with Crippen molar-refractivity contribution in [2.24, 2.45) is 10.9 Å². The predicted molar refractivity (Wildman–Crippen MR) is 70.5 cm³/mol. The fourth-order valence-electron chi connectivity index (χ4n) is 1.98. The van der Waals surface area contributed by atoms with Crippen LogP contribution in [-0.2, 0) is 19.0 Å². The highest BCUT2D eigenvalue weighted by Gasteiger charge is 2.41. The molecular formula is C13H20N2O5. The molecule has 2 rings (SSSR count). The summed E-state index contributed by atoms with van der Waals surface area (Å²) in [5.74, 6) is 0.143. The highest BCUT2D eigenvalue weighted by molar-refractivity contribution is 5.88. The van der Waals surface area contributed by atoms with E-state index in [0.29, 0.717) is 19.0 Å². The fraction of sp³-hybridized carbons (Fsp3) is 0.769. The second-order valence-electron chi connectivity index (χ2n) is 5.89. The van der Waals surface area contributed by atoms with Crippen LogP contribution in [-0.4, -0.2) is 61.3 Å². The van der Waals surface area contributed by atoms with Crippen molar-refractivity contribution in [3.63, 3.8) is 0 Å². The summed E-state index contributed by atoms with van der Waals surface area (Å²) < 4.78 is 15.3. The maximum Gasteiger partial charge on any atom is 0.410 e. The molecule has 0 bridgehead atoms. The molecule has 2 aliphatic heterocycles.